The molecule has 3 N–H and O–H groups in total. The van der Waals surface area contributed by atoms with Crippen molar-refractivity contribution in [1.29, 1.82) is 0 Å². The van der Waals surface area contributed by atoms with E-state index in [4.69, 9.17) is 5.11 Å². The van der Waals surface area contributed by atoms with E-state index in [1.807, 2.05) is 31.2 Å². The van der Waals surface area contributed by atoms with Crippen LogP contribution in [0.4, 0.5) is 5.69 Å². The molecule has 1 aliphatic heterocycles. The Morgan fingerprint density at radius 2 is 2.14 bits per heavy atom. The van der Waals surface area contributed by atoms with Gasteiger partial charge in [-0.3, -0.25) is 9.59 Å². The highest BCUT2D eigenvalue weighted by Gasteiger charge is 2.33. The van der Waals surface area contributed by atoms with Crippen molar-refractivity contribution in [2.45, 2.75) is 31.1 Å². The molecule has 1 aromatic carbocycles. The lowest BCUT2D eigenvalue weighted by molar-refractivity contribution is -0.141. The summed E-state index contributed by atoms with van der Waals surface area (Å²) in [4.78, 5) is 34.8. The lowest BCUT2D eigenvalue weighted by Crippen LogP contribution is -2.51. The molecule has 0 saturated carbocycles. The van der Waals surface area contributed by atoms with E-state index in [-0.39, 0.29) is 18.1 Å². The number of hydrogen-bond acceptors (Lipinski definition) is 4. The number of anilines is 1. The molecule has 2 amide bonds. The van der Waals surface area contributed by atoms with Crippen LogP contribution in [-0.4, -0.2) is 39.9 Å². The van der Waals surface area contributed by atoms with Crippen molar-refractivity contribution in [3.8, 4) is 0 Å². The second-order valence-corrected chi connectivity index (χ2v) is 6.22. The summed E-state index contributed by atoms with van der Waals surface area (Å²) in [6.45, 7) is 2.00. The molecule has 1 saturated heterocycles. The maximum atomic E-state index is 12.1. The number of nitrogens with one attached hydrogen (secondary N) is 2. The van der Waals surface area contributed by atoms with Crippen LogP contribution in [0.5, 0.6) is 0 Å². The van der Waals surface area contributed by atoms with E-state index in [1.54, 1.807) is 0 Å². The van der Waals surface area contributed by atoms with Gasteiger partial charge in [0, 0.05) is 17.9 Å². The molecular formula is C15H18N2O4S. The number of para-hydroxylation sites is 1. The fraction of sp³-hybridized carbons (Fsp3) is 0.400. The number of thioether (sulfide) groups is 1. The summed E-state index contributed by atoms with van der Waals surface area (Å²) in [6.07, 6.45) is 0.830. The molecular weight excluding hydrogens is 304 g/mol. The third-order valence-corrected chi connectivity index (χ3v) is 4.72. The smallest absolute Gasteiger partial charge is 0.327 e. The molecule has 0 unspecified atom stereocenters. The molecule has 1 heterocycles. The molecule has 1 aromatic rings. The molecule has 22 heavy (non-hydrogen) atoms. The Labute approximate surface area is 132 Å². The zero-order valence-corrected chi connectivity index (χ0v) is 13.0. The first kappa shape index (κ1) is 16.4. The number of benzene rings is 1. The van der Waals surface area contributed by atoms with E-state index < -0.39 is 23.2 Å². The Hall–Kier alpha value is -2.02. The average molecular weight is 322 g/mol. The molecule has 0 aliphatic carbocycles. The Balaban J connectivity index is 1.93. The summed E-state index contributed by atoms with van der Waals surface area (Å²) in [7, 11) is 0. The first-order valence-electron chi connectivity index (χ1n) is 7.03. The fourth-order valence-corrected chi connectivity index (χ4v) is 3.34. The summed E-state index contributed by atoms with van der Waals surface area (Å²) >= 11 is 1.20. The largest absolute Gasteiger partial charge is 0.480 e. The zero-order valence-electron chi connectivity index (χ0n) is 12.2. The van der Waals surface area contributed by atoms with Crippen LogP contribution in [-0.2, 0) is 20.8 Å². The van der Waals surface area contributed by atoms with E-state index in [1.165, 1.54) is 11.8 Å². The first-order valence-corrected chi connectivity index (χ1v) is 8.08. The summed E-state index contributed by atoms with van der Waals surface area (Å²) < 4.78 is 0. The molecule has 2 atom stereocenters. The minimum absolute atomic E-state index is 0.0287. The maximum Gasteiger partial charge on any atom is 0.327 e. The molecule has 118 valence electrons. The standard InChI is InChI=1S/C15H18N2O4S/c1-2-9-5-3-4-6-10(9)16-13(18)7-12-14(19)17-11(8-22-12)15(20)21/h3-6,11-12H,2,7-8H2,1H3,(H,16,18)(H,17,19)(H,20,21)/t11-,12+/m1/s1. The number of rotatable bonds is 5. The van der Waals surface area contributed by atoms with Crippen molar-refractivity contribution in [2.24, 2.45) is 0 Å². The highest BCUT2D eigenvalue weighted by atomic mass is 32.2. The zero-order chi connectivity index (χ0) is 16.1. The lowest BCUT2D eigenvalue weighted by atomic mass is 10.1. The van der Waals surface area contributed by atoms with Crippen molar-refractivity contribution in [2.75, 3.05) is 11.1 Å². The fourth-order valence-electron chi connectivity index (χ4n) is 2.20. The molecule has 7 heteroatoms. The SMILES string of the molecule is CCc1ccccc1NC(=O)C[C@@H]1SC[C@H](C(=O)O)NC1=O. The Morgan fingerprint density at radius 1 is 1.41 bits per heavy atom. The van der Waals surface area contributed by atoms with Crippen LogP contribution in [0.2, 0.25) is 0 Å². The molecule has 0 spiro atoms. The van der Waals surface area contributed by atoms with Gasteiger partial charge >= 0.3 is 5.97 Å². The number of aliphatic carboxylic acids is 1. The van der Waals surface area contributed by atoms with E-state index >= 15 is 0 Å². The van der Waals surface area contributed by atoms with Gasteiger partial charge in [0.25, 0.3) is 0 Å². The van der Waals surface area contributed by atoms with Gasteiger partial charge in [-0.25, -0.2) is 4.79 Å². The number of carboxylic acid groups (broad SMARTS) is 1. The van der Waals surface area contributed by atoms with Gasteiger partial charge in [-0.05, 0) is 18.1 Å². The van der Waals surface area contributed by atoms with Crippen molar-refractivity contribution in [3.63, 3.8) is 0 Å². The van der Waals surface area contributed by atoms with Gasteiger partial charge in [-0.1, -0.05) is 25.1 Å². The van der Waals surface area contributed by atoms with Gasteiger partial charge < -0.3 is 15.7 Å². The quantitative estimate of drug-likeness (QED) is 0.758. The summed E-state index contributed by atoms with van der Waals surface area (Å²) in [6, 6.07) is 6.64. The number of carbonyl (C=O) groups is 3. The van der Waals surface area contributed by atoms with Crippen LogP contribution < -0.4 is 10.6 Å². The normalized spacial score (nSPS) is 21.0. The van der Waals surface area contributed by atoms with Gasteiger partial charge in [0.1, 0.15) is 6.04 Å². The third kappa shape index (κ3) is 4.00. The van der Waals surface area contributed by atoms with Crippen LogP contribution in [0.3, 0.4) is 0 Å². The number of amides is 2. The number of carbonyl (C=O) groups excluding carboxylic acids is 2. The van der Waals surface area contributed by atoms with Gasteiger partial charge in [-0.2, -0.15) is 0 Å². The molecule has 1 fully saturated rings. The third-order valence-electron chi connectivity index (χ3n) is 3.41. The number of aryl methyl sites for hydroxylation is 1. The van der Waals surface area contributed by atoms with Crippen molar-refractivity contribution >= 4 is 35.2 Å². The number of hydrogen-bond donors (Lipinski definition) is 3. The van der Waals surface area contributed by atoms with Crippen LogP contribution in [0.1, 0.15) is 18.9 Å². The Bertz CT molecular complexity index is 591. The molecule has 0 bridgehead atoms. The minimum atomic E-state index is -1.05. The van der Waals surface area contributed by atoms with Crippen molar-refractivity contribution in [1.82, 2.24) is 5.32 Å². The van der Waals surface area contributed by atoms with Crippen LogP contribution in [0.15, 0.2) is 24.3 Å². The van der Waals surface area contributed by atoms with Gasteiger partial charge in [0.15, 0.2) is 0 Å². The van der Waals surface area contributed by atoms with Crippen LogP contribution >= 0.6 is 11.8 Å². The lowest BCUT2D eigenvalue weighted by Gasteiger charge is -2.26. The second kappa shape index (κ2) is 7.31. The molecule has 1 aliphatic rings. The first-order chi connectivity index (χ1) is 10.5. The van der Waals surface area contributed by atoms with E-state index in [0.717, 1.165) is 17.7 Å². The molecule has 6 nitrogen and oxygen atoms in total. The Kier molecular flexibility index (Phi) is 5.43. The topological polar surface area (TPSA) is 95.5 Å². The summed E-state index contributed by atoms with van der Waals surface area (Å²) in [5.74, 6) is -1.43. The van der Waals surface area contributed by atoms with Gasteiger partial charge in [0.2, 0.25) is 11.8 Å². The monoisotopic (exact) mass is 322 g/mol. The minimum Gasteiger partial charge on any atom is -0.480 e. The Morgan fingerprint density at radius 3 is 2.77 bits per heavy atom. The second-order valence-electron chi connectivity index (χ2n) is 4.98. The molecule has 2 rings (SSSR count). The van der Waals surface area contributed by atoms with Crippen molar-refractivity contribution in [3.05, 3.63) is 29.8 Å². The van der Waals surface area contributed by atoms with Crippen LogP contribution in [0.25, 0.3) is 0 Å². The predicted molar refractivity (Wildman–Crippen MR) is 84.9 cm³/mol. The van der Waals surface area contributed by atoms with E-state index in [0.29, 0.717) is 0 Å². The highest BCUT2D eigenvalue weighted by molar-refractivity contribution is 8.00. The maximum absolute atomic E-state index is 12.1. The average Bonchev–Trinajstić information content (AvgIpc) is 2.49. The summed E-state index contributed by atoms with van der Waals surface area (Å²) in [5.41, 5.74) is 1.78. The molecule has 0 radical (unpaired) electrons. The summed E-state index contributed by atoms with van der Waals surface area (Å²) in [5, 5.41) is 13.6. The molecule has 0 aromatic heterocycles. The van der Waals surface area contributed by atoms with E-state index in [2.05, 4.69) is 10.6 Å². The van der Waals surface area contributed by atoms with Crippen molar-refractivity contribution < 1.29 is 19.5 Å². The van der Waals surface area contributed by atoms with Gasteiger partial charge in [0.05, 0.1) is 5.25 Å². The van der Waals surface area contributed by atoms with E-state index in [9.17, 15) is 14.4 Å². The highest BCUT2D eigenvalue weighted by Crippen LogP contribution is 2.22. The number of carboxylic acids is 1. The predicted octanol–water partition coefficient (Wildman–Crippen LogP) is 1.26. The van der Waals surface area contributed by atoms with Crippen LogP contribution in [0, 0.1) is 0 Å². The van der Waals surface area contributed by atoms with Gasteiger partial charge in [-0.15, -0.1) is 11.8 Å².